The molecule has 1 N–H and O–H groups in total. The second-order valence-electron chi connectivity index (χ2n) is 4.86. The lowest BCUT2D eigenvalue weighted by Gasteiger charge is -2.09. The minimum absolute atomic E-state index is 0.157. The number of hydrogen-bond acceptors (Lipinski definition) is 2. The van der Waals surface area contributed by atoms with Gasteiger partial charge in [-0.2, -0.15) is 0 Å². The fourth-order valence-electron chi connectivity index (χ4n) is 2.00. The van der Waals surface area contributed by atoms with Crippen LogP contribution in [0.3, 0.4) is 0 Å². The SMILES string of the molecule is CCCc1cc(C(=O)Nc2cc(C)ccc2F)cc(Cl)n1. The molecule has 0 unspecified atom stereocenters. The standard InChI is InChI=1S/C16H16ClFN2O/c1-3-4-12-8-11(9-15(17)19-12)16(21)20-14-7-10(2)5-6-13(14)18/h5-9H,3-4H2,1-2H3,(H,20,21). The first-order chi connectivity index (χ1) is 9.99. The summed E-state index contributed by atoms with van der Waals surface area (Å²) in [5.74, 6) is -0.871. The fourth-order valence-corrected chi connectivity index (χ4v) is 2.22. The van der Waals surface area contributed by atoms with Crippen LogP contribution in [0.2, 0.25) is 5.15 Å². The van der Waals surface area contributed by atoms with Gasteiger partial charge in [0.25, 0.3) is 5.91 Å². The summed E-state index contributed by atoms with van der Waals surface area (Å²) in [4.78, 5) is 16.4. The Hall–Kier alpha value is -1.94. The van der Waals surface area contributed by atoms with E-state index in [0.717, 1.165) is 24.1 Å². The van der Waals surface area contributed by atoms with Crippen LogP contribution in [0.1, 0.15) is 35.0 Å². The van der Waals surface area contributed by atoms with Crippen molar-refractivity contribution in [2.75, 3.05) is 5.32 Å². The van der Waals surface area contributed by atoms with Crippen molar-refractivity contribution in [2.45, 2.75) is 26.7 Å². The van der Waals surface area contributed by atoms with E-state index in [4.69, 9.17) is 11.6 Å². The molecule has 1 amide bonds. The van der Waals surface area contributed by atoms with E-state index in [9.17, 15) is 9.18 Å². The molecule has 0 aliphatic heterocycles. The van der Waals surface area contributed by atoms with Crippen LogP contribution in [-0.2, 0) is 6.42 Å². The van der Waals surface area contributed by atoms with E-state index in [2.05, 4.69) is 10.3 Å². The molecule has 0 spiro atoms. The summed E-state index contributed by atoms with van der Waals surface area (Å²) in [7, 11) is 0. The summed E-state index contributed by atoms with van der Waals surface area (Å²) in [5.41, 5.74) is 2.15. The molecule has 110 valence electrons. The van der Waals surface area contributed by atoms with Gasteiger partial charge in [0.2, 0.25) is 0 Å². The number of halogens is 2. The average Bonchev–Trinajstić information content (AvgIpc) is 2.42. The molecular formula is C16H16ClFN2O. The highest BCUT2D eigenvalue weighted by molar-refractivity contribution is 6.29. The van der Waals surface area contributed by atoms with Crippen LogP contribution in [0.25, 0.3) is 0 Å². The lowest BCUT2D eigenvalue weighted by Crippen LogP contribution is -2.14. The molecule has 5 heteroatoms. The second-order valence-corrected chi connectivity index (χ2v) is 5.24. The van der Waals surface area contributed by atoms with Crippen molar-refractivity contribution >= 4 is 23.2 Å². The van der Waals surface area contributed by atoms with E-state index >= 15 is 0 Å². The average molecular weight is 307 g/mol. The lowest BCUT2D eigenvalue weighted by molar-refractivity contribution is 0.102. The van der Waals surface area contributed by atoms with Gasteiger partial charge in [-0.1, -0.05) is 31.0 Å². The predicted octanol–water partition coefficient (Wildman–Crippen LogP) is 4.39. The number of pyridine rings is 1. The summed E-state index contributed by atoms with van der Waals surface area (Å²) >= 11 is 5.92. The highest BCUT2D eigenvalue weighted by atomic mass is 35.5. The molecule has 2 aromatic rings. The number of amides is 1. The van der Waals surface area contributed by atoms with Crippen molar-refractivity contribution < 1.29 is 9.18 Å². The van der Waals surface area contributed by atoms with E-state index in [1.54, 1.807) is 18.2 Å². The van der Waals surface area contributed by atoms with Crippen LogP contribution in [0.5, 0.6) is 0 Å². The number of rotatable bonds is 4. The Morgan fingerprint density at radius 1 is 1.33 bits per heavy atom. The molecule has 0 aliphatic rings. The minimum atomic E-state index is -0.470. The number of nitrogens with zero attached hydrogens (tertiary/aromatic N) is 1. The van der Waals surface area contributed by atoms with Gasteiger partial charge in [0.15, 0.2) is 0 Å². The highest BCUT2D eigenvalue weighted by Crippen LogP contribution is 2.18. The molecule has 1 aromatic carbocycles. The Balaban J connectivity index is 2.25. The zero-order valence-electron chi connectivity index (χ0n) is 11.9. The van der Waals surface area contributed by atoms with Gasteiger partial charge in [0.1, 0.15) is 11.0 Å². The van der Waals surface area contributed by atoms with E-state index in [0.29, 0.717) is 5.56 Å². The van der Waals surface area contributed by atoms with Crippen LogP contribution in [0, 0.1) is 12.7 Å². The van der Waals surface area contributed by atoms with Gasteiger partial charge in [0, 0.05) is 11.3 Å². The first-order valence-corrected chi connectivity index (χ1v) is 7.11. The third-order valence-electron chi connectivity index (χ3n) is 2.99. The zero-order chi connectivity index (χ0) is 15.4. The van der Waals surface area contributed by atoms with E-state index in [1.807, 2.05) is 13.8 Å². The number of carbonyl (C=O) groups excluding carboxylic acids is 1. The Bertz CT molecular complexity index is 673. The molecule has 2 rings (SSSR count). The van der Waals surface area contributed by atoms with Crippen LogP contribution in [-0.4, -0.2) is 10.9 Å². The third kappa shape index (κ3) is 4.02. The lowest BCUT2D eigenvalue weighted by atomic mass is 10.1. The quantitative estimate of drug-likeness (QED) is 0.851. The van der Waals surface area contributed by atoms with Gasteiger partial charge in [-0.25, -0.2) is 9.37 Å². The molecule has 0 aliphatic carbocycles. The maximum absolute atomic E-state index is 13.7. The number of carbonyl (C=O) groups is 1. The summed E-state index contributed by atoms with van der Waals surface area (Å²) in [5, 5.41) is 2.82. The maximum Gasteiger partial charge on any atom is 0.255 e. The van der Waals surface area contributed by atoms with Gasteiger partial charge < -0.3 is 5.32 Å². The van der Waals surface area contributed by atoms with E-state index < -0.39 is 11.7 Å². The molecule has 0 saturated carbocycles. The van der Waals surface area contributed by atoms with Crippen LogP contribution >= 0.6 is 11.6 Å². The number of aromatic nitrogens is 1. The molecule has 3 nitrogen and oxygen atoms in total. The predicted molar refractivity (Wildman–Crippen MR) is 82.3 cm³/mol. The zero-order valence-corrected chi connectivity index (χ0v) is 12.7. The van der Waals surface area contributed by atoms with Crippen molar-refractivity contribution in [1.82, 2.24) is 4.98 Å². The third-order valence-corrected chi connectivity index (χ3v) is 3.18. The molecular weight excluding hydrogens is 291 g/mol. The Morgan fingerprint density at radius 2 is 2.10 bits per heavy atom. The topological polar surface area (TPSA) is 42.0 Å². The van der Waals surface area contributed by atoms with Gasteiger partial charge >= 0.3 is 0 Å². The second kappa shape index (κ2) is 6.68. The smallest absolute Gasteiger partial charge is 0.255 e. The van der Waals surface area contributed by atoms with Crippen molar-refractivity contribution in [2.24, 2.45) is 0 Å². The molecule has 1 aromatic heterocycles. The number of anilines is 1. The van der Waals surface area contributed by atoms with Gasteiger partial charge in [-0.05, 0) is 43.2 Å². The Labute approximate surface area is 128 Å². The molecule has 21 heavy (non-hydrogen) atoms. The molecule has 0 atom stereocenters. The maximum atomic E-state index is 13.7. The van der Waals surface area contributed by atoms with Crippen molar-refractivity contribution in [1.29, 1.82) is 0 Å². The Kier molecular flexibility index (Phi) is 4.91. The van der Waals surface area contributed by atoms with E-state index in [-0.39, 0.29) is 10.8 Å². The Morgan fingerprint density at radius 3 is 2.81 bits per heavy atom. The van der Waals surface area contributed by atoms with Crippen molar-refractivity contribution in [3.8, 4) is 0 Å². The normalized spacial score (nSPS) is 10.5. The minimum Gasteiger partial charge on any atom is -0.319 e. The highest BCUT2D eigenvalue weighted by Gasteiger charge is 2.12. The van der Waals surface area contributed by atoms with E-state index in [1.165, 1.54) is 12.1 Å². The largest absolute Gasteiger partial charge is 0.319 e. The van der Waals surface area contributed by atoms with Crippen LogP contribution in [0.15, 0.2) is 30.3 Å². The van der Waals surface area contributed by atoms with Gasteiger partial charge in [-0.15, -0.1) is 0 Å². The van der Waals surface area contributed by atoms with Crippen molar-refractivity contribution in [3.05, 3.63) is 58.1 Å². The summed E-state index contributed by atoms with van der Waals surface area (Å²) in [6.07, 6.45) is 1.64. The van der Waals surface area contributed by atoms with Crippen molar-refractivity contribution in [3.63, 3.8) is 0 Å². The number of nitrogens with one attached hydrogen (secondary N) is 1. The number of aryl methyl sites for hydroxylation is 2. The monoisotopic (exact) mass is 306 g/mol. The van der Waals surface area contributed by atoms with Gasteiger partial charge in [0.05, 0.1) is 5.69 Å². The summed E-state index contributed by atoms with van der Waals surface area (Å²) in [6, 6.07) is 7.71. The molecule has 0 radical (unpaired) electrons. The molecule has 0 saturated heterocycles. The molecule has 0 fully saturated rings. The first kappa shape index (κ1) is 15.4. The fraction of sp³-hybridized carbons (Fsp3) is 0.250. The number of benzene rings is 1. The summed E-state index contributed by atoms with van der Waals surface area (Å²) < 4.78 is 13.7. The molecule has 1 heterocycles. The summed E-state index contributed by atoms with van der Waals surface area (Å²) in [6.45, 7) is 3.85. The number of hydrogen-bond donors (Lipinski definition) is 1. The first-order valence-electron chi connectivity index (χ1n) is 6.73. The molecule has 0 bridgehead atoms. The van der Waals surface area contributed by atoms with Crippen LogP contribution < -0.4 is 5.32 Å². The van der Waals surface area contributed by atoms with Gasteiger partial charge in [-0.3, -0.25) is 4.79 Å². The van der Waals surface area contributed by atoms with Crippen LogP contribution in [0.4, 0.5) is 10.1 Å².